The molecule has 2 saturated carbocycles. The fourth-order valence-corrected chi connectivity index (χ4v) is 8.92. The van der Waals surface area contributed by atoms with Crippen molar-refractivity contribution in [1.29, 1.82) is 0 Å². The maximum Gasteiger partial charge on any atom is 0.237 e. The summed E-state index contributed by atoms with van der Waals surface area (Å²) in [6.07, 6.45) is 0.556. The SMILES string of the molecule is O=C1[C@H]2C[C@@H]3[C@@H](C[C@@H]2C(=O)N1c1ccccc1Cl)[C@]1(Cl)C(Cl)=C(Cl)[C@]3(Cl)C1(Cl)Cl. The Balaban J connectivity index is 1.58. The fraction of sp³-hybridized carbons (Fsp3) is 0.474. The minimum absolute atomic E-state index is 0.111. The van der Waals surface area contributed by atoms with Gasteiger partial charge >= 0.3 is 0 Å². The molecule has 6 atom stereocenters. The zero-order valence-corrected chi connectivity index (χ0v) is 19.7. The molecule has 3 fully saturated rings. The van der Waals surface area contributed by atoms with Crippen molar-refractivity contribution in [3.05, 3.63) is 39.4 Å². The molecule has 2 amide bonds. The molecule has 10 heteroatoms. The van der Waals surface area contributed by atoms with Crippen LogP contribution in [0.2, 0.25) is 5.02 Å². The van der Waals surface area contributed by atoms with E-state index in [4.69, 9.17) is 81.2 Å². The van der Waals surface area contributed by atoms with Gasteiger partial charge in [-0.1, -0.05) is 70.1 Å². The Bertz CT molecular complexity index is 956. The van der Waals surface area contributed by atoms with Crippen LogP contribution in [0.4, 0.5) is 5.69 Å². The fourth-order valence-electron chi connectivity index (χ4n) is 5.59. The van der Waals surface area contributed by atoms with Crippen molar-refractivity contribution in [2.75, 3.05) is 4.90 Å². The Morgan fingerprint density at radius 3 is 1.69 bits per heavy atom. The second-order valence-corrected chi connectivity index (χ2v) is 11.7. The topological polar surface area (TPSA) is 37.4 Å². The Morgan fingerprint density at radius 2 is 1.24 bits per heavy atom. The highest BCUT2D eigenvalue weighted by Gasteiger charge is 2.83. The van der Waals surface area contributed by atoms with Gasteiger partial charge in [-0.15, -0.1) is 23.2 Å². The van der Waals surface area contributed by atoms with E-state index in [0.29, 0.717) is 10.7 Å². The molecule has 1 saturated heterocycles. The number of anilines is 1. The van der Waals surface area contributed by atoms with Crippen molar-refractivity contribution >= 4 is 98.7 Å². The zero-order valence-electron chi connectivity index (χ0n) is 14.4. The van der Waals surface area contributed by atoms with Gasteiger partial charge in [-0.25, -0.2) is 4.90 Å². The first-order valence-corrected chi connectivity index (χ1v) is 11.6. The molecule has 1 aliphatic heterocycles. The predicted octanol–water partition coefficient (Wildman–Crippen LogP) is 6.32. The van der Waals surface area contributed by atoms with Crippen molar-refractivity contribution in [3.8, 4) is 0 Å². The number of carbonyl (C=O) groups is 2. The lowest BCUT2D eigenvalue weighted by atomic mass is 9.65. The van der Waals surface area contributed by atoms with Crippen LogP contribution in [0.3, 0.4) is 0 Å². The van der Waals surface area contributed by atoms with Crippen LogP contribution in [0.5, 0.6) is 0 Å². The number of fused-ring (bicyclic) bond motifs is 6. The number of alkyl halides is 4. The number of hydrogen-bond acceptors (Lipinski definition) is 2. The number of benzene rings is 1. The van der Waals surface area contributed by atoms with Crippen molar-refractivity contribution in [2.45, 2.75) is 26.9 Å². The van der Waals surface area contributed by atoms with Crippen LogP contribution in [0.25, 0.3) is 0 Å². The number of imide groups is 1. The maximum absolute atomic E-state index is 13.2. The van der Waals surface area contributed by atoms with E-state index >= 15 is 0 Å². The first-order valence-electron chi connectivity index (χ1n) is 8.93. The molecule has 1 aromatic rings. The van der Waals surface area contributed by atoms with E-state index in [9.17, 15) is 9.59 Å². The van der Waals surface area contributed by atoms with Crippen molar-refractivity contribution in [2.24, 2.45) is 23.7 Å². The van der Waals surface area contributed by atoms with Crippen LogP contribution < -0.4 is 4.90 Å². The summed E-state index contributed by atoms with van der Waals surface area (Å²) in [6, 6.07) is 6.73. The maximum atomic E-state index is 13.2. The normalized spacial score (nSPS) is 42.5. The molecule has 1 aromatic carbocycles. The summed E-state index contributed by atoms with van der Waals surface area (Å²) in [5.41, 5.74) is 0.367. The third-order valence-electron chi connectivity index (χ3n) is 6.92. The van der Waals surface area contributed by atoms with E-state index in [1.54, 1.807) is 24.3 Å². The third-order valence-corrected chi connectivity index (χ3v) is 11.6. The number of hydrogen-bond donors (Lipinski definition) is 0. The molecule has 0 spiro atoms. The van der Waals surface area contributed by atoms with Gasteiger partial charge in [0.1, 0.15) is 9.75 Å². The highest BCUT2D eigenvalue weighted by atomic mass is 35.5. The summed E-state index contributed by atoms with van der Waals surface area (Å²) >= 11 is 46.2. The lowest BCUT2D eigenvalue weighted by Crippen LogP contribution is -2.44. The number of nitrogens with zero attached hydrogens (tertiary/aromatic N) is 1. The molecule has 29 heavy (non-hydrogen) atoms. The summed E-state index contributed by atoms with van der Waals surface area (Å²) in [6.45, 7) is 0. The molecule has 4 aliphatic rings. The molecule has 0 unspecified atom stereocenters. The molecule has 0 N–H and O–H groups in total. The number of carbonyl (C=O) groups excluding carboxylic acids is 2. The average Bonchev–Trinajstić information content (AvgIpc) is 3.04. The van der Waals surface area contributed by atoms with Gasteiger partial charge in [0, 0.05) is 0 Å². The number of amides is 2. The Labute approximate surface area is 202 Å². The van der Waals surface area contributed by atoms with Gasteiger partial charge in [0.2, 0.25) is 11.8 Å². The summed E-state index contributed by atoms with van der Waals surface area (Å²) < 4.78 is -1.67. The Hall–Kier alpha value is 0.130. The van der Waals surface area contributed by atoms with Crippen molar-refractivity contribution < 1.29 is 9.59 Å². The van der Waals surface area contributed by atoms with E-state index in [1.165, 1.54) is 0 Å². The van der Waals surface area contributed by atoms with Crippen LogP contribution in [0.1, 0.15) is 12.8 Å². The lowest BCUT2D eigenvalue weighted by molar-refractivity contribution is -0.122. The largest absolute Gasteiger partial charge is 0.274 e. The van der Waals surface area contributed by atoms with Crippen LogP contribution in [-0.2, 0) is 9.59 Å². The Kier molecular flexibility index (Phi) is 4.59. The summed E-state index contributed by atoms with van der Waals surface area (Å²) in [5, 5.41) is 0.546. The first kappa shape index (κ1) is 21.0. The second-order valence-electron chi connectivity index (χ2n) is 7.99. The quantitative estimate of drug-likeness (QED) is 0.313. The molecule has 154 valence electrons. The minimum Gasteiger partial charge on any atom is -0.274 e. The first-order chi connectivity index (χ1) is 13.5. The van der Waals surface area contributed by atoms with Gasteiger partial charge < -0.3 is 0 Å². The van der Waals surface area contributed by atoms with E-state index in [2.05, 4.69) is 0 Å². The smallest absolute Gasteiger partial charge is 0.237 e. The average molecular weight is 534 g/mol. The molecule has 3 nitrogen and oxygen atoms in total. The molecule has 3 aliphatic carbocycles. The summed E-state index contributed by atoms with van der Waals surface area (Å²) in [5.74, 6) is -2.62. The van der Waals surface area contributed by atoms with Gasteiger partial charge in [-0.05, 0) is 36.8 Å². The monoisotopic (exact) mass is 531 g/mol. The van der Waals surface area contributed by atoms with Gasteiger partial charge in [0.05, 0.1) is 32.6 Å². The molecule has 5 rings (SSSR count). The minimum atomic E-state index is -1.67. The highest BCUT2D eigenvalue weighted by Crippen LogP contribution is 2.79. The second kappa shape index (κ2) is 6.34. The van der Waals surface area contributed by atoms with Gasteiger partial charge in [-0.2, -0.15) is 0 Å². The van der Waals surface area contributed by atoms with E-state index in [-0.39, 0.29) is 34.7 Å². The highest BCUT2D eigenvalue weighted by molar-refractivity contribution is 6.65. The van der Waals surface area contributed by atoms with Gasteiger partial charge in [0.25, 0.3) is 0 Å². The molecule has 2 bridgehead atoms. The van der Waals surface area contributed by atoms with Crippen LogP contribution in [0, 0.1) is 23.7 Å². The van der Waals surface area contributed by atoms with E-state index < -0.39 is 37.8 Å². The summed E-state index contributed by atoms with van der Waals surface area (Å²) in [7, 11) is 0. The van der Waals surface area contributed by atoms with Crippen LogP contribution in [0.15, 0.2) is 34.3 Å². The third kappa shape index (κ3) is 2.21. The molecule has 0 radical (unpaired) electrons. The number of allylic oxidation sites excluding steroid dienone is 2. The predicted molar refractivity (Wildman–Crippen MR) is 117 cm³/mol. The van der Waals surface area contributed by atoms with E-state index in [1.807, 2.05) is 0 Å². The van der Waals surface area contributed by atoms with Gasteiger partial charge in [0.15, 0.2) is 4.33 Å². The van der Waals surface area contributed by atoms with Crippen LogP contribution in [-0.4, -0.2) is 25.9 Å². The Morgan fingerprint density at radius 1 is 0.793 bits per heavy atom. The number of rotatable bonds is 1. The number of para-hydroxylation sites is 1. The summed E-state index contributed by atoms with van der Waals surface area (Å²) in [4.78, 5) is 24.8. The molecule has 1 heterocycles. The lowest BCUT2D eigenvalue weighted by Gasteiger charge is -2.42. The molecular formula is C19H12Cl7NO2. The van der Waals surface area contributed by atoms with Crippen molar-refractivity contribution in [1.82, 2.24) is 0 Å². The van der Waals surface area contributed by atoms with Gasteiger partial charge in [-0.3, -0.25) is 9.59 Å². The van der Waals surface area contributed by atoms with Crippen molar-refractivity contribution in [3.63, 3.8) is 0 Å². The number of halogens is 7. The zero-order chi connectivity index (χ0) is 21.1. The molecule has 0 aromatic heterocycles. The van der Waals surface area contributed by atoms with E-state index in [0.717, 1.165) is 4.90 Å². The standard InChI is InChI=1S/C19H12Cl7NO2/c20-11-3-1-2-4-12(11)27-15(28)7-5-9-10(6-8(7)16(27)29)18(24)14(22)13(21)17(9,23)19(18,25)26/h1-4,7-10H,5-6H2/t7-,8-,9+,10+,17-,18-/m0/s1. The molecular weight excluding hydrogens is 522 g/mol. The van der Waals surface area contributed by atoms with Crippen LogP contribution >= 0.6 is 81.2 Å².